The Hall–Kier alpha value is -2.13. The standard InChI is InChI=1S/C17H19FN2O4S2/c1-12-3-8-15(9-4-12)26(23,24)19-16-11-13(18)5-10-17(16)20(14-6-7-14)25(2,21)22/h3-5,8-11,14,19H,6-7H2,1-2H3. The molecule has 0 amide bonds. The maximum atomic E-state index is 13.8. The van der Waals surface area contributed by atoms with E-state index in [9.17, 15) is 21.2 Å². The van der Waals surface area contributed by atoms with Gasteiger partial charge in [-0.05, 0) is 44.0 Å². The summed E-state index contributed by atoms with van der Waals surface area (Å²) in [5, 5.41) is 0. The zero-order valence-electron chi connectivity index (χ0n) is 14.3. The highest BCUT2D eigenvalue weighted by Crippen LogP contribution is 2.38. The van der Waals surface area contributed by atoms with Crippen molar-refractivity contribution in [2.24, 2.45) is 0 Å². The summed E-state index contributed by atoms with van der Waals surface area (Å²) in [5.74, 6) is -0.667. The Morgan fingerprint density at radius 3 is 2.19 bits per heavy atom. The minimum Gasteiger partial charge on any atom is -0.277 e. The first-order valence-electron chi connectivity index (χ1n) is 7.96. The van der Waals surface area contributed by atoms with Gasteiger partial charge in [0.1, 0.15) is 5.82 Å². The lowest BCUT2D eigenvalue weighted by molar-refractivity contribution is 0.594. The van der Waals surface area contributed by atoms with Crippen LogP contribution in [0.3, 0.4) is 0 Å². The van der Waals surface area contributed by atoms with E-state index in [2.05, 4.69) is 4.72 Å². The average molecular weight is 398 g/mol. The SMILES string of the molecule is Cc1ccc(S(=O)(=O)Nc2cc(F)ccc2N(C2CC2)S(C)(=O)=O)cc1. The number of anilines is 2. The van der Waals surface area contributed by atoms with Crippen molar-refractivity contribution < 1.29 is 21.2 Å². The van der Waals surface area contributed by atoms with E-state index in [0.717, 1.165) is 28.3 Å². The Kier molecular flexibility index (Phi) is 4.70. The fourth-order valence-electron chi connectivity index (χ4n) is 2.66. The summed E-state index contributed by atoms with van der Waals surface area (Å²) in [6, 6.07) is 9.31. The summed E-state index contributed by atoms with van der Waals surface area (Å²) < 4.78 is 66.9. The first kappa shape index (κ1) is 18.7. The molecule has 0 saturated heterocycles. The molecule has 140 valence electrons. The fraction of sp³-hybridized carbons (Fsp3) is 0.294. The first-order valence-corrected chi connectivity index (χ1v) is 11.3. The number of sulfonamides is 2. The van der Waals surface area contributed by atoms with Crippen molar-refractivity contribution in [3.05, 3.63) is 53.8 Å². The minimum atomic E-state index is -3.99. The minimum absolute atomic E-state index is 0.00985. The number of nitrogens with one attached hydrogen (secondary N) is 1. The quantitative estimate of drug-likeness (QED) is 0.811. The maximum absolute atomic E-state index is 13.8. The molecule has 0 aliphatic heterocycles. The lowest BCUT2D eigenvalue weighted by Crippen LogP contribution is -2.33. The van der Waals surface area contributed by atoms with Crippen LogP contribution in [0.4, 0.5) is 15.8 Å². The summed E-state index contributed by atoms with van der Waals surface area (Å²) in [5.41, 5.74) is 0.905. The molecule has 0 radical (unpaired) electrons. The molecule has 1 N–H and O–H groups in total. The smallest absolute Gasteiger partial charge is 0.261 e. The van der Waals surface area contributed by atoms with Crippen LogP contribution >= 0.6 is 0 Å². The average Bonchev–Trinajstić information content (AvgIpc) is 3.33. The molecule has 1 aliphatic carbocycles. The fourth-order valence-corrected chi connectivity index (χ4v) is 4.99. The summed E-state index contributed by atoms with van der Waals surface area (Å²) >= 11 is 0. The van der Waals surface area contributed by atoms with Gasteiger partial charge in [-0.1, -0.05) is 17.7 Å². The van der Waals surface area contributed by atoms with Gasteiger partial charge in [-0.25, -0.2) is 21.2 Å². The molecule has 0 bridgehead atoms. The van der Waals surface area contributed by atoms with Gasteiger partial charge in [-0.2, -0.15) is 0 Å². The van der Waals surface area contributed by atoms with Crippen LogP contribution in [-0.2, 0) is 20.0 Å². The number of benzene rings is 2. The van der Waals surface area contributed by atoms with Gasteiger partial charge in [-0.15, -0.1) is 0 Å². The summed E-state index contributed by atoms with van der Waals surface area (Å²) in [6.45, 7) is 1.83. The molecule has 1 saturated carbocycles. The summed E-state index contributed by atoms with van der Waals surface area (Å²) in [4.78, 5) is 0.00985. The van der Waals surface area contributed by atoms with Crippen LogP contribution in [0.25, 0.3) is 0 Å². The highest BCUT2D eigenvalue weighted by molar-refractivity contribution is 7.93. The highest BCUT2D eigenvalue weighted by Gasteiger charge is 2.37. The Balaban J connectivity index is 2.05. The van der Waals surface area contributed by atoms with E-state index >= 15 is 0 Å². The van der Waals surface area contributed by atoms with Gasteiger partial charge >= 0.3 is 0 Å². The van der Waals surface area contributed by atoms with Crippen LogP contribution < -0.4 is 9.03 Å². The Morgan fingerprint density at radius 1 is 1.04 bits per heavy atom. The van der Waals surface area contributed by atoms with Gasteiger partial charge in [0, 0.05) is 12.1 Å². The zero-order valence-corrected chi connectivity index (χ0v) is 15.9. The maximum Gasteiger partial charge on any atom is 0.261 e. The number of rotatable bonds is 6. The second kappa shape index (κ2) is 6.55. The van der Waals surface area contributed by atoms with Crippen LogP contribution in [0.15, 0.2) is 47.4 Å². The van der Waals surface area contributed by atoms with Crippen LogP contribution in [0.5, 0.6) is 0 Å². The van der Waals surface area contributed by atoms with Gasteiger partial charge in [0.25, 0.3) is 10.0 Å². The van der Waals surface area contributed by atoms with E-state index < -0.39 is 25.9 Å². The molecule has 0 unspecified atom stereocenters. The number of hydrogen-bond acceptors (Lipinski definition) is 4. The van der Waals surface area contributed by atoms with E-state index in [1.165, 1.54) is 18.2 Å². The molecule has 0 aromatic heterocycles. The van der Waals surface area contributed by atoms with E-state index in [-0.39, 0.29) is 22.3 Å². The van der Waals surface area contributed by atoms with Crippen molar-refractivity contribution in [3.8, 4) is 0 Å². The van der Waals surface area contributed by atoms with Gasteiger partial charge < -0.3 is 0 Å². The molecular weight excluding hydrogens is 379 g/mol. The first-order chi connectivity index (χ1) is 12.1. The van der Waals surface area contributed by atoms with E-state index in [4.69, 9.17) is 0 Å². The van der Waals surface area contributed by atoms with Gasteiger partial charge in [0.05, 0.1) is 22.5 Å². The van der Waals surface area contributed by atoms with Crippen LogP contribution in [-0.4, -0.2) is 29.1 Å². The third-order valence-corrected chi connectivity index (χ3v) is 6.60. The molecule has 1 fully saturated rings. The second-order valence-electron chi connectivity index (χ2n) is 6.37. The van der Waals surface area contributed by atoms with Gasteiger partial charge in [0.15, 0.2) is 0 Å². The van der Waals surface area contributed by atoms with Gasteiger partial charge in [0.2, 0.25) is 10.0 Å². The van der Waals surface area contributed by atoms with Crippen molar-refractivity contribution in [1.82, 2.24) is 0 Å². The van der Waals surface area contributed by atoms with E-state index in [1.807, 2.05) is 6.92 Å². The van der Waals surface area contributed by atoms with Crippen molar-refractivity contribution >= 4 is 31.4 Å². The molecule has 6 nitrogen and oxygen atoms in total. The van der Waals surface area contributed by atoms with E-state index in [0.29, 0.717) is 12.8 Å². The Morgan fingerprint density at radius 2 is 1.65 bits per heavy atom. The lowest BCUT2D eigenvalue weighted by atomic mass is 10.2. The molecular formula is C17H19FN2O4S2. The topological polar surface area (TPSA) is 83.6 Å². The number of aryl methyl sites for hydroxylation is 1. The molecule has 3 rings (SSSR count). The monoisotopic (exact) mass is 398 g/mol. The second-order valence-corrected chi connectivity index (χ2v) is 9.91. The number of hydrogen-bond donors (Lipinski definition) is 1. The predicted octanol–water partition coefficient (Wildman–Crippen LogP) is 2.86. The van der Waals surface area contributed by atoms with Crippen molar-refractivity contribution in [1.29, 1.82) is 0 Å². The van der Waals surface area contributed by atoms with Crippen LogP contribution in [0, 0.1) is 12.7 Å². The highest BCUT2D eigenvalue weighted by atomic mass is 32.2. The summed E-state index contributed by atoms with van der Waals surface area (Å²) in [6.07, 6.45) is 2.40. The third-order valence-electron chi connectivity index (χ3n) is 4.01. The molecule has 0 heterocycles. The summed E-state index contributed by atoms with van der Waals surface area (Å²) in [7, 11) is -7.63. The van der Waals surface area contributed by atoms with Crippen molar-refractivity contribution in [2.45, 2.75) is 30.7 Å². The molecule has 0 atom stereocenters. The van der Waals surface area contributed by atoms with Crippen molar-refractivity contribution in [3.63, 3.8) is 0 Å². The molecule has 26 heavy (non-hydrogen) atoms. The number of nitrogens with zero attached hydrogens (tertiary/aromatic N) is 1. The molecule has 0 spiro atoms. The van der Waals surface area contributed by atoms with Crippen molar-refractivity contribution in [2.75, 3.05) is 15.3 Å². The largest absolute Gasteiger partial charge is 0.277 e. The predicted molar refractivity (Wildman–Crippen MR) is 98.7 cm³/mol. The normalized spacial score (nSPS) is 14.9. The molecule has 2 aromatic carbocycles. The molecule has 9 heteroatoms. The number of halogens is 1. The van der Waals surface area contributed by atoms with Crippen LogP contribution in [0.2, 0.25) is 0 Å². The molecule has 1 aliphatic rings. The Bertz CT molecular complexity index is 1030. The van der Waals surface area contributed by atoms with E-state index in [1.54, 1.807) is 12.1 Å². The zero-order chi connectivity index (χ0) is 19.1. The lowest BCUT2D eigenvalue weighted by Gasteiger charge is -2.25. The molecule has 2 aromatic rings. The Labute approximate surface area is 152 Å². The van der Waals surface area contributed by atoms with Gasteiger partial charge in [-0.3, -0.25) is 9.03 Å². The van der Waals surface area contributed by atoms with Crippen LogP contribution in [0.1, 0.15) is 18.4 Å². The third kappa shape index (κ3) is 3.99.